The lowest BCUT2D eigenvalue weighted by atomic mass is 10.0. The monoisotopic (exact) mass is 895 g/mol. The first-order valence-electron chi connectivity index (χ1n) is 25.4. The van der Waals surface area contributed by atoms with Gasteiger partial charge in [0.2, 0.25) is 0 Å². The molecule has 62 heavy (non-hydrogen) atoms. The summed E-state index contributed by atoms with van der Waals surface area (Å²) >= 11 is 0. The van der Waals surface area contributed by atoms with Crippen molar-refractivity contribution in [2.45, 2.75) is 225 Å². The third kappa shape index (κ3) is 47.4. The van der Waals surface area contributed by atoms with E-state index in [4.69, 9.17) is 18.5 Å². The fourth-order valence-electron chi connectivity index (χ4n) is 6.89. The number of esters is 2. The van der Waals surface area contributed by atoms with E-state index in [0.717, 1.165) is 57.8 Å². The molecule has 0 heterocycles. The van der Waals surface area contributed by atoms with Crippen LogP contribution in [-0.2, 0) is 32.7 Å². The molecule has 1 N–H and O–H groups in total. The number of allylic oxidation sites excluding steroid dienone is 8. The number of carbonyl (C=O) groups is 2. The van der Waals surface area contributed by atoms with Crippen molar-refractivity contribution in [3.8, 4) is 0 Å². The molecular formula is C52H97NO8P+. The highest BCUT2D eigenvalue weighted by molar-refractivity contribution is 7.47. The second kappa shape index (κ2) is 44.2. The van der Waals surface area contributed by atoms with Crippen molar-refractivity contribution in [3.05, 3.63) is 48.6 Å². The van der Waals surface area contributed by atoms with Crippen molar-refractivity contribution in [1.29, 1.82) is 0 Å². The lowest BCUT2D eigenvalue weighted by Gasteiger charge is -2.24. The summed E-state index contributed by atoms with van der Waals surface area (Å²) in [7, 11) is 1.46. The Hall–Kier alpha value is -2.03. The van der Waals surface area contributed by atoms with E-state index in [9.17, 15) is 19.0 Å². The van der Waals surface area contributed by atoms with Gasteiger partial charge in [-0.3, -0.25) is 18.6 Å². The number of hydrogen-bond donors (Lipinski definition) is 1. The molecule has 362 valence electrons. The van der Waals surface area contributed by atoms with Crippen molar-refractivity contribution in [2.24, 2.45) is 0 Å². The molecule has 2 atom stereocenters. The quantitative estimate of drug-likeness (QED) is 0.0212. The Kier molecular flexibility index (Phi) is 42.7. The third-order valence-corrected chi connectivity index (χ3v) is 11.8. The van der Waals surface area contributed by atoms with Crippen molar-refractivity contribution < 1.29 is 42.1 Å². The van der Waals surface area contributed by atoms with Gasteiger partial charge in [-0.1, -0.05) is 204 Å². The first kappa shape index (κ1) is 60.0. The van der Waals surface area contributed by atoms with E-state index in [2.05, 4.69) is 62.5 Å². The number of nitrogens with zero attached hydrogens (tertiary/aromatic N) is 1. The second-order valence-electron chi connectivity index (χ2n) is 18.2. The molecule has 10 heteroatoms. The van der Waals surface area contributed by atoms with Gasteiger partial charge in [0, 0.05) is 12.8 Å². The van der Waals surface area contributed by atoms with E-state index < -0.39 is 32.5 Å². The lowest BCUT2D eigenvalue weighted by Crippen LogP contribution is -2.37. The number of hydrogen-bond acceptors (Lipinski definition) is 7. The van der Waals surface area contributed by atoms with Crippen LogP contribution in [0.15, 0.2) is 48.6 Å². The maximum atomic E-state index is 12.8. The zero-order chi connectivity index (χ0) is 45.7. The van der Waals surface area contributed by atoms with Crippen LogP contribution in [0.1, 0.15) is 219 Å². The molecule has 9 nitrogen and oxygen atoms in total. The molecule has 0 aromatic heterocycles. The van der Waals surface area contributed by atoms with Crippen LogP contribution in [0.5, 0.6) is 0 Å². The smallest absolute Gasteiger partial charge is 0.462 e. The van der Waals surface area contributed by atoms with Gasteiger partial charge in [0.05, 0.1) is 27.7 Å². The number of quaternary nitrogens is 1. The van der Waals surface area contributed by atoms with Crippen LogP contribution in [-0.4, -0.2) is 74.9 Å². The number of phosphoric ester groups is 1. The number of rotatable bonds is 46. The number of likely N-dealkylation sites (N-methyl/N-ethyl adjacent to an activating group) is 1. The Labute approximate surface area is 382 Å². The van der Waals surface area contributed by atoms with Gasteiger partial charge in [-0.2, -0.15) is 0 Å². The molecule has 0 aliphatic heterocycles. The fourth-order valence-corrected chi connectivity index (χ4v) is 7.63. The number of phosphoric acid groups is 1. The van der Waals surface area contributed by atoms with E-state index in [1.165, 1.54) is 122 Å². The highest BCUT2D eigenvalue weighted by Crippen LogP contribution is 2.43. The average molecular weight is 895 g/mol. The molecule has 0 fully saturated rings. The Morgan fingerprint density at radius 2 is 0.903 bits per heavy atom. The average Bonchev–Trinajstić information content (AvgIpc) is 3.23. The topological polar surface area (TPSA) is 108 Å². The zero-order valence-corrected chi connectivity index (χ0v) is 41.7. The van der Waals surface area contributed by atoms with Gasteiger partial charge < -0.3 is 18.9 Å². The first-order valence-corrected chi connectivity index (χ1v) is 26.9. The third-order valence-electron chi connectivity index (χ3n) is 10.8. The molecule has 0 bridgehead atoms. The normalized spacial score (nSPS) is 13.8. The highest BCUT2D eigenvalue weighted by atomic mass is 31.2. The number of carbonyl (C=O) groups excluding carboxylic acids is 2. The molecule has 0 radical (unpaired) electrons. The largest absolute Gasteiger partial charge is 0.472 e. The van der Waals surface area contributed by atoms with E-state index in [0.29, 0.717) is 23.9 Å². The number of ether oxygens (including phenoxy) is 2. The molecular weight excluding hydrogens is 798 g/mol. The number of unbranched alkanes of at least 4 members (excludes halogenated alkanes) is 24. The molecule has 0 rings (SSSR count). The molecule has 0 spiro atoms. The lowest BCUT2D eigenvalue weighted by molar-refractivity contribution is -0.870. The minimum atomic E-state index is -4.39. The van der Waals surface area contributed by atoms with Crippen LogP contribution in [0.2, 0.25) is 0 Å². The predicted octanol–water partition coefficient (Wildman–Crippen LogP) is 15.0. The van der Waals surface area contributed by atoms with Gasteiger partial charge in [0.15, 0.2) is 6.10 Å². The van der Waals surface area contributed by atoms with E-state index in [1.54, 1.807) is 0 Å². The van der Waals surface area contributed by atoms with Gasteiger partial charge in [-0.25, -0.2) is 4.57 Å². The molecule has 0 aliphatic carbocycles. The van der Waals surface area contributed by atoms with Gasteiger partial charge in [-0.15, -0.1) is 0 Å². The molecule has 1 unspecified atom stereocenters. The molecule has 0 aliphatic rings. The summed E-state index contributed by atoms with van der Waals surface area (Å²) in [5, 5.41) is 0. The summed E-state index contributed by atoms with van der Waals surface area (Å²) in [6, 6.07) is 0. The van der Waals surface area contributed by atoms with Crippen LogP contribution in [0, 0.1) is 0 Å². The Morgan fingerprint density at radius 1 is 0.500 bits per heavy atom. The molecule has 0 aromatic carbocycles. The van der Waals surface area contributed by atoms with E-state index >= 15 is 0 Å². The van der Waals surface area contributed by atoms with Crippen molar-refractivity contribution in [1.82, 2.24) is 0 Å². The van der Waals surface area contributed by atoms with E-state index in [-0.39, 0.29) is 26.1 Å². The standard InChI is InChI=1S/C52H96NO8P/c1-6-8-10-12-14-16-18-20-22-24-25-26-27-29-31-33-35-37-39-41-43-45-52(55)61-50(49-60-62(56,57)59-47-46-53(3,4)5)48-58-51(54)44-42-40-38-36-34-32-30-28-23-21-19-17-15-13-11-9-7-2/h11,13,17,19,23,28,32,34,50H,6-10,12,14-16,18,20-22,24-27,29-31,33,35-49H2,1-5H3/p+1/b13-11+,19-17+,28-23+,34-32+/t50-/m1/s1. The molecule has 0 saturated carbocycles. The fraction of sp³-hybridized carbons (Fsp3) is 0.808. The molecule has 0 saturated heterocycles. The minimum Gasteiger partial charge on any atom is -0.462 e. The van der Waals surface area contributed by atoms with Crippen LogP contribution in [0.25, 0.3) is 0 Å². The predicted molar refractivity (Wildman–Crippen MR) is 261 cm³/mol. The summed E-state index contributed by atoms with van der Waals surface area (Å²) in [4.78, 5) is 35.5. The summed E-state index contributed by atoms with van der Waals surface area (Å²) < 4.78 is 34.4. The second-order valence-corrected chi connectivity index (χ2v) is 19.7. The van der Waals surface area contributed by atoms with Crippen LogP contribution in [0.3, 0.4) is 0 Å². The summed E-state index contributed by atoms with van der Waals surface area (Å²) in [6.45, 7) is 4.35. The van der Waals surface area contributed by atoms with Gasteiger partial charge in [0.1, 0.15) is 19.8 Å². The van der Waals surface area contributed by atoms with Gasteiger partial charge >= 0.3 is 19.8 Å². The van der Waals surface area contributed by atoms with Crippen molar-refractivity contribution in [2.75, 3.05) is 47.5 Å². The zero-order valence-electron chi connectivity index (χ0n) is 40.9. The van der Waals surface area contributed by atoms with Crippen molar-refractivity contribution >= 4 is 19.8 Å². The highest BCUT2D eigenvalue weighted by Gasteiger charge is 2.27. The maximum Gasteiger partial charge on any atom is 0.472 e. The van der Waals surface area contributed by atoms with Crippen LogP contribution < -0.4 is 0 Å². The van der Waals surface area contributed by atoms with Crippen molar-refractivity contribution in [3.63, 3.8) is 0 Å². The summed E-state index contributed by atoms with van der Waals surface area (Å²) in [5.74, 6) is -0.828. The first-order chi connectivity index (χ1) is 30.0. The Balaban J connectivity index is 4.28. The SMILES string of the molecule is CCC/C=C/C/C=C/C/C=C/C/C=C/CCCCCC(=O)OC[C@H](COP(=O)(O)OCC[N+](C)(C)C)OC(=O)CCCCCCCCCCCCCCCCCCCCCCC. The maximum absolute atomic E-state index is 12.8. The molecule has 0 aromatic rings. The van der Waals surface area contributed by atoms with Crippen LogP contribution in [0.4, 0.5) is 0 Å². The molecule has 0 amide bonds. The van der Waals surface area contributed by atoms with Gasteiger partial charge in [-0.05, 0) is 51.4 Å². The summed E-state index contributed by atoms with van der Waals surface area (Å²) in [5.41, 5.74) is 0. The summed E-state index contributed by atoms with van der Waals surface area (Å²) in [6.07, 6.45) is 53.1. The van der Waals surface area contributed by atoms with Crippen LogP contribution >= 0.6 is 7.82 Å². The van der Waals surface area contributed by atoms with Gasteiger partial charge in [0.25, 0.3) is 0 Å². The minimum absolute atomic E-state index is 0.0263. The Morgan fingerprint density at radius 3 is 1.35 bits per heavy atom. The van der Waals surface area contributed by atoms with E-state index in [1.807, 2.05) is 21.1 Å². The Bertz CT molecular complexity index is 1190.